The molecule has 0 bridgehead atoms. The molecule has 0 saturated carbocycles. The van der Waals surface area contributed by atoms with Crippen LogP contribution >= 0.6 is 0 Å². The van der Waals surface area contributed by atoms with Crippen LogP contribution < -0.4 is 80.9 Å². The van der Waals surface area contributed by atoms with Gasteiger partial charge in [-0.25, -0.2) is 0 Å². The summed E-state index contributed by atoms with van der Waals surface area (Å²) in [5.74, 6) is -0.579. The molecule has 3 nitrogen and oxygen atoms in total. The first-order chi connectivity index (χ1) is 2.77. The van der Waals surface area contributed by atoms with Gasteiger partial charge in [-0.05, 0) is 0 Å². The predicted octanol–water partition coefficient (Wildman–Crippen LogP) is -6.06. The zero-order valence-corrected chi connectivity index (χ0v) is 10.4. The predicted molar refractivity (Wildman–Crippen MR) is 20.1 cm³/mol. The van der Waals surface area contributed by atoms with Gasteiger partial charge in [-0.15, -0.1) is 0 Å². The Labute approximate surface area is 115 Å². The van der Waals surface area contributed by atoms with E-state index in [9.17, 15) is 9.59 Å². The molecule has 0 spiro atoms. The van der Waals surface area contributed by atoms with Gasteiger partial charge in [-0.2, -0.15) is 0 Å². The van der Waals surface area contributed by atoms with E-state index in [1.807, 2.05) is 0 Å². The van der Waals surface area contributed by atoms with Crippen LogP contribution in [0.5, 0.6) is 0 Å². The van der Waals surface area contributed by atoms with Crippen molar-refractivity contribution < 1.29 is 98.1 Å². The molecular formula is C3H6KNaO3. The van der Waals surface area contributed by atoms with Crippen LogP contribution in [0.2, 0.25) is 0 Å². The molecule has 5 heteroatoms. The summed E-state index contributed by atoms with van der Waals surface area (Å²) in [6.45, 7) is 1.26. The summed E-state index contributed by atoms with van der Waals surface area (Å²) in [4.78, 5) is 18.8. The van der Waals surface area contributed by atoms with Gasteiger partial charge in [0.1, 0.15) is 0 Å². The van der Waals surface area contributed by atoms with Crippen molar-refractivity contribution in [3.05, 3.63) is 0 Å². The fraction of sp³-hybridized carbons (Fsp3) is 0.333. The topological polar surface area (TPSA) is 43.4 Å². The number of esters is 1. The molecule has 0 aliphatic carbocycles. The summed E-state index contributed by atoms with van der Waals surface area (Å²) in [6.07, 6.45) is 0. The Morgan fingerprint density at radius 2 is 2.12 bits per heavy atom. The molecule has 0 radical (unpaired) electrons. The van der Waals surface area contributed by atoms with E-state index in [2.05, 4.69) is 4.74 Å². The Kier molecular flexibility index (Phi) is 23.7. The fourth-order valence-electron chi connectivity index (χ4n) is 0.0678. The number of ether oxygens (including phenoxy) is 1. The summed E-state index contributed by atoms with van der Waals surface area (Å²) in [6, 6.07) is 0. The van der Waals surface area contributed by atoms with Crippen LogP contribution in [0.4, 0.5) is 0 Å². The molecule has 0 aromatic carbocycles. The van der Waals surface area contributed by atoms with Gasteiger partial charge in [-0.3, -0.25) is 9.59 Å². The molecule has 0 rings (SSSR count). The van der Waals surface area contributed by atoms with Gasteiger partial charge in [-0.1, -0.05) is 0 Å². The Morgan fingerprint density at radius 1 is 1.75 bits per heavy atom. The van der Waals surface area contributed by atoms with Gasteiger partial charge >= 0.3 is 93.4 Å². The molecular weight excluding hydrogens is 146 g/mol. The molecule has 0 aromatic heterocycles. The zero-order valence-electron chi connectivity index (χ0n) is 7.30. The maximum atomic E-state index is 9.59. The van der Waals surface area contributed by atoms with E-state index in [0.29, 0.717) is 0 Å². The van der Waals surface area contributed by atoms with Crippen molar-refractivity contribution in [2.45, 2.75) is 6.92 Å². The van der Waals surface area contributed by atoms with Crippen LogP contribution in [0.1, 0.15) is 9.78 Å². The quantitative estimate of drug-likeness (QED) is 0.162. The van der Waals surface area contributed by atoms with Gasteiger partial charge in [0.25, 0.3) is 0 Å². The molecule has 0 aromatic rings. The summed E-state index contributed by atoms with van der Waals surface area (Å²) in [5.41, 5.74) is 0. The monoisotopic (exact) mass is 152 g/mol. The van der Waals surface area contributed by atoms with Crippen LogP contribution in [-0.2, 0) is 14.3 Å². The number of rotatable bonds is 1. The summed E-state index contributed by atoms with van der Waals surface area (Å²) < 4.78 is 3.72. The van der Waals surface area contributed by atoms with Crippen molar-refractivity contribution in [3.8, 4) is 0 Å². The third-order valence-corrected chi connectivity index (χ3v) is 0.214. The molecule has 0 aliphatic heterocycles. The van der Waals surface area contributed by atoms with Gasteiger partial charge in [0.15, 0.2) is 0 Å². The second kappa shape index (κ2) is 11.6. The molecule has 8 heavy (non-hydrogen) atoms. The third kappa shape index (κ3) is 15.7. The molecule has 0 fully saturated rings. The first-order valence-electron chi connectivity index (χ1n) is 1.38. The van der Waals surface area contributed by atoms with E-state index >= 15 is 0 Å². The van der Waals surface area contributed by atoms with Gasteiger partial charge in [0.05, 0.1) is 0 Å². The summed E-state index contributed by atoms with van der Waals surface area (Å²) in [7, 11) is 0. The van der Waals surface area contributed by atoms with Crippen LogP contribution in [0.15, 0.2) is 0 Å². The summed E-state index contributed by atoms with van der Waals surface area (Å²) >= 11 is 0. The first-order valence-corrected chi connectivity index (χ1v) is 1.38. The molecule has 38 valence electrons. The van der Waals surface area contributed by atoms with E-state index in [4.69, 9.17) is 0 Å². The molecule has 0 unspecified atom stereocenters. The minimum absolute atomic E-state index is 0. The first kappa shape index (κ1) is 16.4. The van der Waals surface area contributed by atoms with Crippen LogP contribution in [0.25, 0.3) is 0 Å². The van der Waals surface area contributed by atoms with Crippen molar-refractivity contribution in [1.82, 2.24) is 0 Å². The van der Waals surface area contributed by atoms with Crippen LogP contribution in [0.3, 0.4) is 0 Å². The smallest absolute Gasteiger partial charge is 1.00 e. The van der Waals surface area contributed by atoms with Crippen molar-refractivity contribution >= 4 is 12.4 Å². The number of hydrogen-bond acceptors (Lipinski definition) is 3. The van der Waals surface area contributed by atoms with Crippen molar-refractivity contribution in [2.75, 3.05) is 0 Å². The Balaban J connectivity index is -0.0000000208. The van der Waals surface area contributed by atoms with E-state index < -0.39 is 5.97 Å². The van der Waals surface area contributed by atoms with Gasteiger partial charge in [0.2, 0.25) is 0 Å². The van der Waals surface area contributed by atoms with Crippen molar-refractivity contribution in [2.24, 2.45) is 0 Å². The van der Waals surface area contributed by atoms with Gasteiger partial charge in [0, 0.05) is 6.92 Å². The van der Waals surface area contributed by atoms with E-state index in [-0.39, 0.29) is 90.3 Å². The summed E-state index contributed by atoms with van der Waals surface area (Å²) in [5, 5.41) is 0. The van der Waals surface area contributed by atoms with Crippen molar-refractivity contribution in [1.29, 1.82) is 0 Å². The maximum absolute atomic E-state index is 9.59. The van der Waals surface area contributed by atoms with E-state index in [1.165, 1.54) is 0 Å². The SMILES string of the molecule is CC(=O)OC=O.[H-].[H-].[K+].[Na+]. The number of hydrogen-bond donors (Lipinski definition) is 0. The Bertz CT molecular complexity index is 82.1. The van der Waals surface area contributed by atoms with E-state index in [1.54, 1.807) is 0 Å². The average Bonchev–Trinajstić information content (AvgIpc) is 1.35. The van der Waals surface area contributed by atoms with Crippen LogP contribution in [0, 0.1) is 0 Å². The number of carbonyl (C=O) groups excluding carboxylic acids is 2. The molecule has 0 aliphatic rings. The number of carbonyl (C=O) groups is 2. The zero-order chi connectivity index (χ0) is 4.99. The van der Waals surface area contributed by atoms with Crippen LogP contribution in [-0.4, -0.2) is 12.4 Å². The second-order valence-electron chi connectivity index (χ2n) is 0.706. The molecule has 0 heterocycles. The van der Waals surface area contributed by atoms with Gasteiger partial charge < -0.3 is 7.59 Å². The molecule has 0 amide bonds. The average molecular weight is 152 g/mol. The second-order valence-corrected chi connectivity index (χ2v) is 0.706. The largest absolute Gasteiger partial charge is 1.00 e. The Hall–Kier alpha value is 1.78. The molecule has 0 saturated heterocycles. The minimum atomic E-state index is -0.579. The normalized spacial score (nSPS) is 5.12. The third-order valence-electron chi connectivity index (χ3n) is 0.214. The standard InChI is InChI=1S/C3H4O3.K.Na.2H/c1-3(5)6-2-4;;;;/h2H,1H3;;;;/q;2*+1;2*-1. The minimum Gasteiger partial charge on any atom is -1.00 e. The Morgan fingerprint density at radius 3 is 2.12 bits per heavy atom. The molecule has 0 atom stereocenters. The molecule has 0 N–H and O–H groups in total. The van der Waals surface area contributed by atoms with Crippen molar-refractivity contribution in [3.63, 3.8) is 0 Å². The fourth-order valence-corrected chi connectivity index (χ4v) is 0.0678. The maximum Gasteiger partial charge on any atom is 1.00 e. The van der Waals surface area contributed by atoms with E-state index in [0.717, 1.165) is 6.92 Å².